The Kier molecular flexibility index (Phi) is 5.69. The molecule has 0 bridgehead atoms. The Morgan fingerprint density at radius 3 is 2.64 bits per heavy atom. The van der Waals surface area contributed by atoms with Gasteiger partial charge in [-0.05, 0) is 34.9 Å². The first-order valence-electron chi connectivity index (χ1n) is 8.66. The van der Waals surface area contributed by atoms with E-state index in [2.05, 4.69) is 49.9 Å². The zero-order chi connectivity index (χ0) is 17.6. The molecular weight excluding hydrogens is 312 g/mol. The molecule has 3 rings (SSSR count). The van der Waals surface area contributed by atoms with Crippen molar-refractivity contribution in [3.05, 3.63) is 66.7 Å². The van der Waals surface area contributed by atoms with Gasteiger partial charge in [0.15, 0.2) is 0 Å². The quantitative estimate of drug-likeness (QED) is 0.374. The van der Waals surface area contributed by atoms with E-state index in [1.54, 1.807) is 6.08 Å². The predicted molar refractivity (Wildman–Crippen MR) is 103 cm³/mol. The van der Waals surface area contributed by atoms with Crippen molar-refractivity contribution < 1.29 is 14.6 Å². The molecule has 0 aliphatic heterocycles. The van der Waals surface area contributed by atoms with Crippen LogP contribution in [0.15, 0.2) is 61.2 Å². The molecule has 0 fully saturated rings. The highest BCUT2D eigenvalue weighted by molar-refractivity contribution is 6.05. The van der Waals surface area contributed by atoms with Crippen LogP contribution in [0.25, 0.3) is 21.5 Å². The van der Waals surface area contributed by atoms with Crippen LogP contribution in [-0.2, 0) is 11.2 Å². The summed E-state index contributed by atoms with van der Waals surface area (Å²) in [6.45, 7) is 6.59. The Hall–Kier alpha value is -2.36. The lowest BCUT2D eigenvalue weighted by molar-refractivity contribution is 0.0220. The van der Waals surface area contributed by atoms with Crippen molar-refractivity contribution in [2.75, 3.05) is 19.8 Å². The van der Waals surface area contributed by atoms with Crippen LogP contribution in [0.3, 0.4) is 0 Å². The van der Waals surface area contributed by atoms with Gasteiger partial charge in [0.2, 0.25) is 0 Å². The molecule has 1 N–H and O–H groups in total. The topological polar surface area (TPSA) is 38.7 Å². The van der Waals surface area contributed by atoms with Crippen molar-refractivity contribution in [1.82, 2.24) is 0 Å². The molecular formula is C22H24O3. The predicted octanol–water partition coefficient (Wildman–Crippen LogP) is 4.50. The molecule has 0 aliphatic carbocycles. The van der Waals surface area contributed by atoms with Crippen molar-refractivity contribution in [2.45, 2.75) is 19.4 Å². The second kappa shape index (κ2) is 8.15. The van der Waals surface area contributed by atoms with Gasteiger partial charge in [-0.25, -0.2) is 0 Å². The standard InChI is InChI=1S/C22H24O3/c1-3-11-24-14-19(23)15-25-22-20-8-6-5-7-17(20)13-18-10-9-16(4-2)12-21(18)22/h3,5-10,12-13,19,23H,1,4,11,14-15H2,2H3. The number of fused-ring (bicyclic) bond motifs is 2. The second-order valence-corrected chi connectivity index (χ2v) is 6.13. The van der Waals surface area contributed by atoms with Gasteiger partial charge in [0.25, 0.3) is 0 Å². The normalized spacial score (nSPS) is 12.4. The van der Waals surface area contributed by atoms with E-state index in [1.165, 1.54) is 5.56 Å². The number of aryl methyl sites for hydroxylation is 1. The molecule has 0 saturated carbocycles. The first kappa shape index (κ1) is 17.5. The third-order valence-electron chi connectivity index (χ3n) is 4.25. The number of ether oxygens (including phenoxy) is 2. The van der Waals surface area contributed by atoms with Gasteiger partial charge in [-0.15, -0.1) is 6.58 Å². The lowest BCUT2D eigenvalue weighted by Gasteiger charge is -2.16. The smallest absolute Gasteiger partial charge is 0.135 e. The highest BCUT2D eigenvalue weighted by Crippen LogP contribution is 2.35. The van der Waals surface area contributed by atoms with Crippen molar-refractivity contribution in [1.29, 1.82) is 0 Å². The zero-order valence-electron chi connectivity index (χ0n) is 14.6. The average molecular weight is 336 g/mol. The van der Waals surface area contributed by atoms with Gasteiger partial charge in [-0.1, -0.05) is 49.4 Å². The van der Waals surface area contributed by atoms with Crippen LogP contribution in [-0.4, -0.2) is 31.0 Å². The van der Waals surface area contributed by atoms with E-state index in [0.29, 0.717) is 6.61 Å². The molecule has 25 heavy (non-hydrogen) atoms. The summed E-state index contributed by atoms with van der Waals surface area (Å²) in [5.41, 5.74) is 1.27. The molecule has 1 atom stereocenters. The van der Waals surface area contributed by atoms with E-state index in [0.717, 1.165) is 33.7 Å². The monoisotopic (exact) mass is 336 g/mol. The SMILES string of the molecule is C=CCOCC(O)COc1c2ccccc2cc2ccc(CC)cc12. The number of benzene rings is 3. The molecule has 0 heterocycles. The molecule has 0 aliphatic rings. The Morgan fingerprint density at radius 2 is 1.84 bits per heavy atom. The minimum Gasteiger partial charge on any atom is -0.489 e. The van der Waals surface area contributed by atoms with Crippen LogP contribution in [0, 0.1) is 0 Å². The number of aliphatic hydroxyl groups is 1. The molecule has 3 nitrogen and oxygen atoms in total. The summed E-state index contributed by atoms with van der Waals surface area (Å²) in [5.74, 6) is 0.825. The Labute approximate surface area is 148 Å². The molecule has 3 aromatic rings. The molecule has 1 unspecified atom stereocenters. The van der Waals surface area contributed by atoms with E-state index < -0.39 is 6.10 Å². The third-order valence-corrected chi connectivity index (χ3v) is 4.25. The highest BCUT2D eigenvalue weighted by atomic mass is 16.5. The minimum absolute atomic E-state index is 0.191. The third kappa shape index (κ3) is 4.01. The summed E-state index contributed by atoms with van der Waals surface area (Å²) >= 11 is 0. The molecule has 0 aromatic heterocycles. The molecule has 0 radical (unpaired) electrons. The molecule has 3 heteroatoms. The molecule has 0 spiro atoms. The molecule has 0 saturated heterocycles. The van der Waals surface area contributed by atoms with Crippen molar-refractivity contribution in [3.8, 4) is 5.75 Å². The van der Waals surface area contributed by atoms with Crippen LogP contribution >= 0.6 is 0 Å². The number of rotatable bonds is 8. The highest BCUT2D eigenvalue weighted by Gasteiger charge is 2.12. The lowest BCUT2D eigenvalue weighted by Crippen LogP contribution is -2.23. The maximum atomic E-state index is 10.1. The van der Waals surface area contributed by atoms with E-state index >= 15 is 0 Å². The Morgan fingerprint density at radius 1 is 1.04 bits per heavy atom. The maximum Gasteiger partial charge on any atom is 0.135 e. The molecule has 3 aromatic carbocycles. The summed E-state index contributed by atoms with van der Waals surface area (Å²) in [6.07, 6.45) is 1.96. The molecule has 130 valence electrons. The van der Waals surface area contributed by atoms with Gasteiger partial charge in [-0.2, -0.15) is 0 Å². The summed E-state index contributed by atoms with van der Waals surface area (Å²) in [6, 6.07) is 16.8. The average Bonchev–Trinajstić information content (AvgIpc) is 2.65. The van der Waals surface area contributed by atoms with Gasteiger partial charge in [-0.3, -0.25) is 0 Å². The summed E-state index contributed by atoms with van der Waals surface area (Å²) < 4.78 is 11.4. The lowest BCUT2D eigenvalue weighted by atomic mass is 9.99. The van der Waals surface area contributed by atoms with Crippen LogP contribution in [0.5, 0.6) is 5.75 Å². The van der Waals surface area contributed by atoms with Crippen LogP contribution in [0.1, 0.15) is 12.5 Å². The van der Waals surface area contributed by atoms with E-state index in [1.807, 2.05) is 12.1 Å². The van der Waals surface area contributed by atoms with Crippen LogP contribution < -0.4 is 4.74 Å². The fourth-order valence-electron chi connectivity index (χ4n) is 2.96. The summed E-state index contributed by atoms with van der Waals surface area (Å²) in [4.78, 5) is 0. The number of aliphatic hydroxyl groups excluding tert-OH is 1. The second-order valence-electron chi connectivity index (χ2n) is 6.13. The van der Waals surface area contributed by atoms with Gasteiger partial charge in [0.05, 0.1) is 13.2 Å². The van der Waals surface area contributed by atoms with Gasteiger partial charge < -0.3 is 14.6 Å². The molecule has 0 amide bonds. The van der Waals surface area contributed by atoms with E-state index in [-0.39, 0.29) is 13.2 Å². The van der Waals surface area contributed by atoms with Crippen molar-refractivity contribution >= 4 is 21.5 Å². The number of hydrogen-bond donors (Lipinski definition) is 1. The van der Waals surface area contributed by atoms with Crippen LogP contribution in [0.2, 0.25) is 0 Å². The fourth-order valence-corrected chi connectivity index (χ4v) is 2.96. The summed E-state index contributed by atoms with van der Waals surface area (Å²) in [7, 11) is 0. The summed E-state index contributed by atoms with van der Waals surface area (Å²) in [5, 5.41) is 14.5. The van der Waals surface area contributed by atoms with Gasteiger partial charge >= 0.3 is 0 Å². The van der Waals surface area contributed by atoms with E-state index in [4.69, 9.17) is 9.47 Å². The Bertz CT molecular complexity index is 870. The van der Waals surface area contributed by atoms with E-state index in [9.17, 15) is 5.11 Å². The van der Waals surface area contributed by atoms with Crippen molar-refractivity contribution in [2.24, 2.45) is 0 Å². The fraction of sp³-hybridized carbons (Fsp3) is 0.273. The van der Waals surface area contributed by atoms with Crippen molar-refractivity contribution in [3.63, 3.8) is 0 Å². The number of hydrogen-bond acceptors (Lipinski definition) is 3. The van der Waals surface area contributed by atoms with Gasteiger partial charge in [0, 0.05) is 10.8 Å². The first-order chi connectivity index (χ1) is 12.2. The first-order valence-corrected chi connectivity index (χ1v) is 8.66. The minimum atomic E-state index is -0.677. The Balaban J connectivity index is 1.95. The maximum absolute atomic E-state index is 10.1. The zero-order valence-corrected chi connectivity index (χ0v) is 14.6. The van der Waals surface area contributed by atoms with Crippen LogP contribution in [0.4, 0.5) is 0 Å². The van der Waals surface area contributed by atoms with Gasteiger partial charge in [0.1, 0.15) is 18.5 Å². The largest absolute Gasteiger partial charge is 0.489 e.